The van der Waals surface area contributed by atoms with E-state index in [2.05, 4.69) is 15.2 Å². The molecule has 140 valence electrons. The highest BCUT2D eigenvalue weighted by Crippen LogP contribution is 2.31. The number of fused-ring (bicyclic) bond motifs is 1. The summed E-state index contributed by atoms with van der Waals surface area (Å²) in [6.45, 7) is 2.52. The zero-order valence-corrected chi connectivity index (χ0v) is 15.5. The van der Waals surface area contributed by atoms with E-state index in [-0.39, 0.29) is 12.0 Å². The van der Waals surface area contributed by atoms with Crippen molar-refractivity contribution in [2.45, 2.75) is 19.1 Å². The average Bonchev–Trinajstić information content (AvgIpc) is 3.09. The van der Waals surface area contributed by atoms with E-state index in [1.807, 2.05) is 38.4 Å². The van der Waals surface area contributed by atoms with Gasteiger partial charge in [0.15, 0.2) is 23.3 Å². The van der Waals surface area contributed by atoms with Gasteiger partial charge in [-0.05, 0) is 39.2 Å². The molecule has 0 bridgehead atoms. The van der Waals surface area contributed by atoms with Crippen LogP contribution in [-0.4, -0.2) is 77.6 Å². The van der Waals surface area contributed by atoms with Crippen molar-refractivity contribution in [3.8, 4) is 11.5 Å². The largest absolute Gasteiger partial charge is 0.486 e. The summed E-state index contributed by atoms with van der Waals surface area (Å²) in [6.07, 6.45) is 2.40. The minimum Gasteiger partial charge on any atom is -0.486 e. The van der Waals surface area contributed by atoms with Gasteiger partial charge in [-0.25, -0.2) is 4.68 Å². The quantitative estimate of drug-likeness (QED) is 0.738. The van der Waals surface area contributed by atoms with Gasteiger partial charge >= 0.3 is 0 Å². The molecule has 26 heavy (non-hydrogen) atoms. The van der Waals surface area contributed by atoms with Crippen molar-refractivity contribution in [3.05, 3.63) is 36.2 Å². The highest BCUT2D eigenvalue weighted by atomic mass is 16.6. The normalized spacial score (nSPS) is 15.9. The first kappa shape index (κ1) is 18.2. The van der Waals surface area contributed by atoms with Crippen molar-refractivity contribution in [3.63, 3.8) is 0 Å². The summed E-state index contributed by atoms with van der Waals surface area (Å²) in [7, 11) is 5.82. The number of benzene rings is 1. The number of carbonyl (C=O) groups excluding carboxylic acids is 1. The second kappa shape index (κ2) is 8.18. The summed E-state index contributed by atoms with van der Waals surface area (Å²) in [5.41, 5.74) is 0.342. The lowest BCUT2D eigenvalue weighted by Gasteiger charge is -2.26. The zero-order chi connectivity index (χ0) is 18.5. The third kappa shape index (κ3) is 4.51. The number of ether oxygens (including phenoxy) is 2. The van der Waals surface area contributed by atoms with Gasteiger partial charge in [-0.1, -0.05) is 17.3 Å². The van der Waals surface area contributed by atoms with Gasteiger partial charge in [-0.3, -0.25) is 4.79 Å². The van der Waals surface area contributed by atoms with Crippen molar-refractivity contribution in [2.24, 2.45) is 0 Å². The van der Waals surface area contributed by atoms with E-state index in [0.717, 1.165) is 24.5 Å². The van der Waals surface area contributed by atoms with E-state index < -0.39 is 0 Å². The molecule has 0 N–H and O–H groups in total. The lowest BCUT2D eigenvalue weighted by atomic mass is 10.2. The second-order valence-electron chi connectivity index (χ2n) is 6.71. The van der Waals surface area contributed by atoms with E-state index in [4.69, 9.17) is 9.47 Å². The third-order valence-electron chi connectivity index (χ3n) is 4.16. The summed E-state index contributed by atoms with van der Waals surface area (Å²) in [4.78, 5) is 16.2. The Morgan fingerprint density at radius 1 is 1.23 bits per heavy atom. The fourth-order valence-corrected chi connectivity index (χ4v) is 2.77. The first-order chi connectivity index (χ1) is 12.5. The van der Waals surface area contributed by atoms with E-state index in [1.54, 1.807) is 22.8 Å². The molecule has 1 aliphatic heterocycles. The van der Waals surface area contributed by atoms with E-state index in [1.165, 1.54) is 0 Å². The van der Waals surface area contributed by atoms with E-state index in [9.17, 15) is 4.79 Å². The average molecular weight is 359 g/mol. The number of para-hydroxylation sites is 2. The predicted octanol–water partition coefficient (Wildman–Crippen LogP) is 1.14. The smallest absolute Gasteiger partial charge is 0.275 e. The summed E-state index contributed by atoms with van der Waals surface area (Å²) >= 11 is 0. The van der Waals surface area contributed by atoms with Gasteiger partial charge in [0.25, 0.3) is 5.91 Å². The Morgan fingerprint density at radius 2 is 2.00 bits per heavy atom. The number of aromatic nitrogens is 3. The molecule has 0 saturated carbocycles. The van der Waals surface area contributed by atoms with Gasteiger partial charge in [0.2, 0.25) is 0 Å². The maximum atomic E-state index is 12.4. The molecule has 1 atom stereocenters. The van der Waals surface area contributed by atoms with Crippen molar-refractivity contribution >= 4 is 5.91 Å². The van der Waals surface area contributed by atoms with Gasteiger partial charge in [0.1, 0.15) is 6.61 Å². The third-order valence-corrected chi connectivity index (χ3v) is 4.16. The molecule has 1 amide bonds. The van der Waals surface area contributed by atoms with Gasteiger partial charge < -0.3 is 19.3 Å². The summed E-state index contributed by atoms with van der Waals surface area (Å²) in [6, 6.07) is 7.57. The molecule has 2 heterocycles. The van der Waals surface area contributed by atoms with Crippen LogP contribution in [0.25, 0.3) is 0 Å². The number of carbonyl (C=O) groups is 1. The summed E-state index contributed by atoms with van der Waals surface area (Å²) < 4.78 is 13.2. The molecule has 1 aromatic heterocycles. The molecular formula is C18H25N5O3. The van der Waals surface area contributed by atoms with Crippen LogP contribution in [0.3, 0.4) is 0 Å². The van der Waals surface area contributed by atoms with E-state index in [0.29, 0.717) is 25.4 Å². The highest BCUT2D eigenvalue weighted by Gasteiger charge is 2.22. The topological polar surface area (TPSA) is 72.7 Å². The first-order valence-electron chi connectivity index (χ1n) is 8.72. The number of rotatable bonds is 7. The van der Waals surface area contributed by atoms with Crippen LogP contribution < -0.4 is 9.47 Å². The second-order valence-corrected chi connectivity index (χ2v) is 6.71. The Morgan fingerprint density at radius 3 is 2.77 bits per heavy atom. The van der Waals surface area contributed by atoms with E-state index >= 15 is 0 Å². The van der Waals surface area contributed by atoms with Crippen molar-refractivity contribution in [2.75, 3.05) is 40.8 Å². The molecule has 0 spiro atoms. The van der Waals surface area contributed by atoms with Crippen LogP contribution >= 0.6 is 0 Å². The Hall–Kier alpha value is -2.61. The van der Waals surface area contributed by atoms with Gasteiger partial charge in [-0.2, -0.15) is 0 Å². The van der Waals surface area contributed by atoms with Gasteiger partial charge in [0.05, 0.1) is 12.7 Å². The predicted molar refractivity (Wildman–Crippen MR) is 96.5 cm³/mol. The Kier molecular flexibility index (Phi) is 5.72. The summed E-state index contributed by atoms with van der Waals surface area (Å²) in [5, 5.41) is 8.06. The molecule has 0 radical (unpaired) electrons. The molecule has 0 unspecified atom stereocenters. The van der Waals surface area contributed by atoms with Crippen LogP contribution in [0.1, 0.15) is 16.9 Å². The van der Waals surface area contributed by atoms with Crippen LogP contribution in [0.15, 0.2) is 30.5 Å². The number of amides is 1. The molecule has 1 aromatic carbocycles. The Labute approximate surface area is 153 Å². The molecular weight excluding hydrogens is 334 g/mol. The Bertz CT molecular complexity index is 746. The molecule has 1 aliphatic rings. The number of hydrogen-bond acceptors (Lipinski definition) is 6. The lowest BCUT2D eigenvalue weighted by Crippen LogP contribution is -2.33. The van der Waals surface area contributed by atoms with Crippen LogP contribution in [-0.2, 0) is 6.54 Å². The monoisotopic (exact) mass is 359 g/mol. The van der Waals surface area contributed by atoms with Crippen LogP contribution in [0, 0.1) is 0 Å². The highest BCUT2D eigenvalue weighted by molar-refractivity contribution is 5.91. The minimum atomic E-state index is -0.174. The molecule has 0 aliphatic carbocycles. The van der Waals surface area contributed by atoms with Crippen molar-refractivity contribution in [1.29, 1.82) is 0 Å². The number of hydrogen-bond donors (Lipinski definition) is 0. The minimum absolute atomic E-state index is 0.124. The fraction of sp³-hybridized carbons (Fsp3) is 0.500. The van der Waals surface area contributed by atoms with Gasteiger partial charge in [-0.15, -0.1) is 5.10 Å². The molecule has 2 aromatic rings. The standard InChI is InChI=1S/C18H25N5O3/c1-21(2)9-6-10-22(3)18(24)15-12-23(20-19-15)11-14-13-25-16-7-4-5-8-17(16)26-14/h4-5,7-8,12,14H,6,9-11,13H2,1-3H3/t14-/m0/s1. The van der Waals surface area contributed by atoms with Crippen molar-refractivity contribution in [1.82, 2.24) is 24.8 Å². The van der Waals surface area contributed by atoms with Crippen LogP contribution in [0.4, 0.5) is 0 Å². The Balaban J connectivity index is 1.54. The maximum Gasteiger partial charge on any atom is 0.275 e. The SMILES string of the molecule is CN(C)CCCN(C)C(=O)c1cn(C[C@H]2COc3ccccc3O2)nn1. The molecule has 8 heteroatoms. The summed E-state index contributed by atoms with van der Waals surface area (Å²) in [5.74, 6) is 1.35. The molecule has 8 nitrogen and oxygen atoms in total. The molecule has 3 rings (SSSR count). The first-order valence-corrected chi connectivity index (χ1v) is 8.72. The maximum absolute atomic E-state index is 12.4. The molecule has 0 saturated heterocycles. The zero-order valence-electron chi connectivity index (χ0n) is 15.5. The van der Waals surface area contributed by atoms with Crippen LogP contribution in [0.2, 0.25) is 0 Å². The lowest BCUT2D eigenvalue weighted by molar-refractivity contribution is 0.0753. The fourth-order valence-electron chi connectivity index (χ4n) is 2.77. The molecule has 0 fully saturated rings. The van der Waals surface area contributed by atoms with Crippen molar-refractivity contribution < 1.29 is 14.3 Å². The van der Waals surface area contributed by atoms with Gasteiger partial charge in [0, 0.05) is 13.6 Å². The number of nitrogens with zero attached hydrogens (tertiary/aromatic N) is 5. The van der Waals surface area contributed by atoms with Crippen LogP contribution in [0.5, 0.6) is 11.5 Å².